The van der Waals surface area contributed by atoms with Crippen molar-refractivity contribution in [2.24, 2.45) is 15.9 Å². The average molecular weight is 456 g/mol. The first-order chi connectivity index (χ1) is 16.5. The third-order valence-electron chi connectivity index (χ3n) is 6.60. The van der Waals surface area contributed by atoms with Gasteiger partial charge in [0.05, 0.1) is 18.5 Å². The van der Waals surface area contributed by atoms with Crippen molar-refractivity contribution in [1.82, 2.24) is 14.9 Å². The Morgan fingerprint density at radius 2 is 2.00 bits per heavy atom. The summed E-state index contributed by atoms with van der Waals surface area (Å²) in [4.78, 5) is 33.9. The summed E-state index contributed by atoms with van der Waals surface area (Å²) in [6.07, 6.45) is 9.32. The molecule has 2 aromatic rings. The minimum Gasteiger partial charge on any atom is -0.481 e. The van der Waals surface area contributed by atoms with Gasteiger partial charge in [0.1, 0.15) is 11.5 Å². The number of rotatable bonds is 8. The Morgan fingerprint density at radius 1 is 1.15 bits per heavy atom. The van der Waals surface area contributed by atoms with Gasteiger partial charge in [-0.25, -0.2) is 15.0 Å². The molecule has 7 nitrogen and oxygen atoms in total. The summed E-state index contributed by atoms with van der Waals surface area (Å²) in [7, 11) is 1.58. The minimum absolute atomic E-state index is 0.0606. The first-order valence-electron chi connectivity index (χ1n) is 11.8. The molecule has 1 saturated carbocycles. The van der Waals surface area contributed by atoms with Crippen molar-refractivity contribution in [3.8, 4) is 17.0 Å². The standard InChI is InChI=1S/C27H29N5O2/c1-17-13-22-23(14-18(17)2)31-24(30-22)10-12-32(16-19-6-7-19)27(33)26-21(5-4-11-28-26)20-8-9-25(34-3)29-15-20/h4-5,8-9,11,13,15,19H,6-7,10,12,14,16H2,1-3H3. The van der Waals surface area contributed by atoms with E-state index in [0.717, 1.165) is 41.3 Å². The van der Waals surface area contributed by atoms with E-state index in [9.17, 15) is 4.79 Å². The van der Waals surface area contributed by atoms with E-state index in [2.05, 4.69) is 29.9 Å². The van der Waals surface area contributed by atoms with Gasteiger partial charge in [0.2, 0.25) is 5.88 Å². The molecule has 0 unspecified atom stereocenters. The maximum atomic E-state index is 13.7. The Labute approximate surface area is 200 Å². The van der Waals surface area contributed by atoms with Crippen LogP contribution >= 0.6 is 0 Å². The number of carbonyl (C=O) groups is 1. The normalized spacial score (nSPS) is 17.1. The largest absolute Gasteiger partial charge is 0.481 e. The van der Waals surface area contributed by atoms with Crippen LogP contribution in [-0.2, 0) is 0 Å². The van der Waals surface area contributed by atoms with Crippen molar-refractivity contribution in [3.05, 3.63) is 65.3 Å². The third-order valence-corrected chi connectivity index (χ3v) is 6.60. The summed E-state index contributed by atoms with van der Waals surface area (Å²) in [5.41, 5.74) is 6.66. The molecule has 1 aliphatic heterocycles. The fourth-order valence-electron chi connectivity index (χ4n) is 4.26. The summed E-state index contributed by atoms with van der Waals surface area (Å²) in [6, 6.07) is 7.46. The number of allylic oxidation sites excluding steroid dienone is 4. The highest BCUT2D eigenvalue weighted by Crippen LogP contribution is 2.32. The van der Waals surface area contributed by atoms with Crippen LogP contribution in [0.1, 0.15) is 50.0 Å². The quantitative estimate of drug-likeness (QED) is 0.569. The van der Waals surface area contributed by atoms with E-state index in [-0.39, 0.29) is 5.91 Å². The van der Waals surface area contributed by atoms with Crippen molar-refractivity contribution < 1.29 is 9.53 Å². The van der Waals surface area contributed by atoms with Gasteiger partial charge in [0.25, 0.3) is 5.91 Å². The van der Waals surface area contributed by atoms with Crippen LogP contribution in [0.5, 0.6) is 5.88 Å². The first-order valence-corrected chi connectivity index (χ1v) is 11.8. The lowest BCUT2D eigenvalue weighted by atomic mass is 9.97. The molecule has 0 radical (unpaired) electrons. The number of nitrogens with zero attached hydrogens (tertiary/aromatic N) is 5. The van der Waals surface area contributed by atoms with Gasteiger partial charge in [0.15, 0.2) is 0 Å². The van der Waals surface area contributed by atoms with Crippen LogP contribution < -0.4 is 4.74 Å². The number of fused-ring (bicyclic) bond motifs is 1. The Hall–Kier alpha value is -3.61. The van der Waals surface area contributed by atoms with Gasteiger partial charge in [-0.15, -0.1) is 0 Å². The van der Waals surface area contributed by atoms with Crippen LogP contribution in [0.15, 0.2) is 69.6 Å². The molecular weight excluding hydrogens is 426 g/mol. The molecule has 2 aromatic heterocycles. The van der Waals surface area contributed by atoms with E-state index >= 15 is 0 Å². The number of amides is 1. The fourth-order valence-corrected chi connectivity index (χ4v) is 4.26. The zero-order chi connectivity index (χ0) is 23.7. The van der Waals surface area contributed by atoms with Crippen LogP contribution in [0, 0.1) is 5.92 Å². The summed E-state index contributed by atoms with van der Waals surface area (Å²) in [5, 5.41) is 0. The zero-order valence-electron chi connectivity index (χ0n) is 19.9. The number of ether oxygens (including phenoxy) is 1. The summed E-state index contributed by atoms with van der Waals surface area (Å²) < 4.78 is 5.17. The zero-order valence-corrected chi connectivity index (χ0v) is 19.9. The van der Waals surface area contributed by atoms with E-state index in [0.29, 0.717) is 30.5 Å². The molecule has 3 heterocycles. The molecule has 5 rings (SSSR count). The number of carbonyl (C=O) groups excluding carboxylic acids is 1. The highest BCUT2D eigenvalue weighted by molar-refractivity contribution is 6.14. The van der Waals surface area contributed by atoms with Crippen molar-refractivity contribution in [2.45, 2.75) is 39.5 Å². The van der Waals surface area contributed by atoms with Gasteiger partial charge in [-0.3, -0.25) is 9.78 Å². The van der Waals surface area contributed by atoms with E-state index in [1.807, 2.05) is 23.1 Å². The van der Waals surface area contributed by atoms with Crippen molar-refractivity contribution in [2.75, 3.05) is 20.2 Å². The van der Waals surface area contributed by atoms with Gasteiger partial charge in [-0.05, 0) is 56.4 Å². The van der Waals surface area contributed by atoms with Gasteiger partial charge < -0.3 is 9.64 Å². The van der Waals surface area contributed by atoms with Crippen LogP contribution in [0.4, 0.5) is 0 Å². The predicted octanol–water partition coefficient (Wildman–Crippen LogP) is 4.87. The number of hydrogen-bond donors (Lipinski definition) is 0. The second-order valence-corrected chi connectivity index (χ2v) is 9.19. The molecule has 174 valence electrons. The van der Waals surface area contributed by atoms with Gasteiger partial charge >= 0.3 is 0 Å². The highest BCUT2D eigenvalue weighted by Gasteiger charge is 2.30. The van der Waals surface area contributed by atoms with Crippen molar-refractivity contribution in [3.63, 3.8) is 0 Å². The summed E-state index contributed by atoms with van der Waals surface area (Å²) in [5.74, 6) is 1.84. The monoisotopic (exact) mass is 455 g/mol. The lowest BCUT2D eigenvalue weighted by Gasteiger charge is -2.23. The number of aromatic nitrogens is 2. The number of hydrogen-bond acceptors (Lipinski definition) is 6. The number of methoxy groups -OCH3 is 1. The topological polar surface area (TPSA) is 80.0 Å². The van der Waals surface area contributed by atoms with Crippen LogP contribution in [0.25, 0.3) is 11.1 Å². The van der Waals surface area contributed by atoms with Crippen molar-refractivity contribution in [1.29, 1.82) is 0 Å². The van der Waals surface area contributed by atoms with E-state index in [1.54, 1.807) is 25.6 Å². The smallest absolute Gasteiger partial charge is 0.273 e. The molecule has 0 bridgehead atoms. The molecule has 2 aliphatic carbocycles. The van der Waals surface area contributed by atoms with E-state index < -0.39 is 0 Å². The van der Waals surface area contributed by atoms with Crippen LogP contribution in [0.2, 0.25) is 0 Å². The third kappa shape index (κ3) is 4.69. The fraction of sp³-hybridized carbons (Fsp3) is 0.370. The first kappa shape index (κ1) is 22.2. The van der Waals surface area contributed by atoms with E-state index in [1.165, 1.54) is 24.0 Å². The minimum atomic E-state index is -0.0606. The second kappa shape index (κ2) is 9.33. The molecule has 0 N–H and O–H groups in total. The summed E-state index contributed by atoms with van der Waals surface area (Å²) >= 11 is 0. The molecule has 1 fully saturated rings. The maximum absolute atomic E-state index is 13.7. The highest BCUT2D eigenvalue weighted by atomic mass is 16.5. The average Bonchev–Trinajstić information content (AvgIpc) is 3.60. The van der Waals surface area contributed by atoms with Crippen LogP contribution in [0.3, 0.4) is 0 Å². The molecule has 0 saturated heterocycles. The molecule has 0 spiro atoms. The Balaban J connectivity index is 1.35. The van der Waals surface area contributed by atoms with Crippen molar-refractivity contribution >= 4 is 17.5 Å². The molecule has 7 heteroatoms. The van der Waals surface area contributed by atoms with Gasteiger partial charge in [0, 0.05) is 55.5 Å². The van der Waals surface area contributed by atoms with Gasteiger partial charge in [-0.2, -0.15) is 0 Å². The Kier molecular flexibility index (Phi) is 6.09. The maximum Gasteiger partial charge on any atom is 0.273 e. The van der Waals surface area contributed by atoms with Crippen LogP contribution in [-0.4, -0.2) is 52.5 Å². The Bertz CT molecular complexity index is 1240. The number of amidine groups is 1. The molecular formula is C27H29N5O2. The molecule has 1 amide bonds. The number of aliphatic imine (C=N–C) groups is 2. The molecule has 34 heavy (non-hydrogen) atoms. The molecule has 0 aromatic carbocycles. The molecule has 3 aliphatic rings. The van der Waals surface area contributed by atoms with Gasteiger partial charge in [-0.1, -0.05) is 11.6 Å². The van der Waals surface area contributed by atoms with E-state index in [4.69, 9.17) is 14.7 Å². The lowest BCUT2D eigenvalue weighted by molar-refractivity contribution is 0.0747. The molecule has 0 atom stereocenters. The second-order valence-electron chi connectivity index (χ2n) is 9.19. The SMILES string of the molecule is COc1ccc(-c2cccnc2C(=O)N(CCC2=NC3=CC(C)=C(C)CC3=N2)CC2CC2)cn1. The summed E-state index contributed by atoms with van der Waals surface area (Å²) in [6.45, 7) is 5.57. The predicted molar refractivity (Wildman–Crippen MR) is 133 cm³/mol. The lowest BCUT2D eigenvalue weighted by Crippen LogP contribution is -2.35. The Morgan fingerprint density at radius 3 is 2.74 bits per heavy atom. The number of pyridine rings is 2.